The minimum absolute atomic E-state index is 0.120. The van der Waals surface area contributed by atoms with Crippen molar-refractivity contribution < 1.29 is 13.2 Å². The van der Waals surface area contributed by atoms with Crippen LogP contribution in [0.25, 0.3) is 0 Å². The monoisotopic (exact) mass is 363 g/mol. The second-order valence-electron chi connectivity index (χ2n) is 7.42. The number of carbonyl (C=O) groups excluding carboxylic acids is 1. The van der Waals surface area contributed by atoms with Gasteiger partial charge in [0.05, 0.1) is 4.90 Å². The van der Waals surface area contributed by atoms with Crippen LogP contribution in [0.3, 0.4) is 0 Å². The van der Waals surface area contributed by atoms with Gasteiger partial charge in [-0.3, -0.25) is 4.79 Å². The molecule has 7 heteroatoms. The van der Waals surface area contributed by atoms with Crippen LogP contribution in [0.15, 0.2) is 29.2 Å². The number of rotatable bonds is 4. The highest BCUT2D eigenvalue weighted by molar-refractivity contribution is 7.89. The molecule has 3 fully saturated rings. The van der Waals surface area contributed by atoms with Gasteiger partial charge < -0.3 is 10.6 Å². The Kier molecular flexibility index (Phi) is 4.56. The molecule has 2 heterocycles. The Hall–Kier alpha value is -1.44. The highest BCUT2D eigenvalue weighted by Gasteiger charge is 2.35. The number of benzene rings is 1. The molecule has 1 saturated carbocycles. The van der Waals surface area contributed by atoms with E-state index in [4.69, 9.17) is 0 Å². The third-order valence-corrected chi connectivity index (χ3v) is 7.56. The van der Waals surface area contributed by atoms with Crippen LogP contribution in [0.5, 0.6) is 0 Å². The smallest absolute Gasteiger partial charge is 0.251 e. The maximum absolute atomic E-state index is 12.9. The Morgan fingerprint density at radius 2 is 1.76 bits per heavy atom. The first-order valence-electron chi connectivity index (χ1n) is 9.19. The Morgan fingerprint density at radius 3 is 2.44 bits per heavy atom. The van der Waals surface area contributed by atoms with E-state index in [0.717, 1.165) is 38.5 Å². The lowest BCUT2D eigenvalue weighted by molar-refractivity contribution is 0.0917. The van der Waals surface area contributed by atoms with E-state index in [9.17, 15) is 13.2 Å². The molecule has 1 aromatic carbocycles. The van der Waals surface area contributed by atoms with E-state index < -0.39 is 10.0 Å². The Morgan fingerprint density at radius 1 is 1.04 bits per heavy atom. The van der Waals surface area contributed by atoms with Gasteiger partial charge in [-0.1, -0.05) is 0 Å². The van der Waals surface area contributed by atoms with Gasteiger partial charge in [-0.25, -0.2) is 8.42 Å². The molecule has 1 amide bonds. The van der Waals surface area contributed by atoms with Crippen LogP contribution in [0.2, 0.25) is 0 Å². The molecular weight excluding hydrogens is 338 g/mol. The predicted molar refractivity (Wildman–Crippen MR) is 94.9 cm³/mol. The van der Waals surface area contributed by atoms with E-state index >= 15 is 0 Å². The molecule has 6 nitrogen and oxygen atoms in total. The van der Waals surface area contributed by atoms with Crippen molar-refractivity contribution in [3.63, 3.8) is 0 Å². The average molecular weight is 363 g/mol. The number of sulfonamides is 1. The molecule has 25 heavy (non-hydrogen) atoms. The van der Waals surface area contributed by atoms with E-state index in [-0.39, 0.29) is 22.9 Å². The van der Waals surface area contributed by atoms with E-state index in [1.165, 1.54) is 0 Å². The van der Waals surface area contributed by atoms with Gasteiger partial charge in [0.25, 0.3) is 5.91 Å². The highest BCUT2D eigenvalue weighted by Crippen LogP contribution is 2.25. The normalized spacial score (nSPS) is 27.5. The summed E-state index contributed by atoms with van der Waals surface area (Å²) < 4.78 is 27.4. The largest absolute Gasteiger partial charge is 0.349 e. The zero-order chi connectivity index (χ0) is 17.4. The summed E-state index contributed by atoms with van der Waals surface area (Å²) in [6.07, 6.45) is 6.26. The van der Waals surface area contributed by atoms with Gasteiger partial charge in [-0.2, -0.15) is 4.31 Å². The molecule has 2 aliphatic heterocycles. The average Bonchev–Trinajstić information content (AvgIpc) is 2.89. The van der Waals surface area contributed by atoms with Crippen LogP contribution in [-0.4, -0.2) is 49.8 Å². The van der Waals surface area contributed by atoms with Crippen LogP contribution in [0.1, 0.15) is 48.9 Å². The predicted octanol–water partition coefficient (Wildman–Crippen LogP) is 1.48. The summed E-state index contributed by atoms with van der Waals surface area (Å²) in [6, 6.07) is 7.32. The van der Waals surface area contributed by atoms with Gasteiger partial charge >= 0.3 is 0 Å². The molecule has 0 unspecified atom stereocenters. The van der Waals surface area contributed by atoms with Crippen molar-refractivity contribution >= 4 is 15.9 Å². The minimum atomic E-state index is -3.51. The number of amides is 1. The number of nitrogens with one attached hydrogen (secondary N) is 2. The fourth-order valence-corrected chi connectivity index (χ4v) is 5.38. The third kappa shape index (κ3) is 3.45. The van der Waals surface area contributed by atoms with Gasteiger partial charge in [-0.15, -0.1) is 0 Å². The zero-order valence-electron chi connectivity index (χ0n) is 14.3. The lowest BCUT2D eigenvalue weighted by Crippen LogP contribution is -2.39. The second-order valence-corrected chi connectivity index (χ2v) is 9.35. The molecule has 0 spiro atoms. The van der Waals surface area contributed by atoms with Crippen LogP contribution < -0.4 is 10.6 Å². The number of hydrogen-bond acceptors (Lipinski definition) is 4. The number of hydrogen-bond donors (Lipinski definition) is 2. The summed E-state index contributed by atoms with van der Waals surface area (Å²) in [6.45, 7) is 1.09. The Bertz CT molecular complexity index is 743. The van der Waals surface area contributed by atoms with E-state index in [2.05, 4.69) is 10.6 Å². The van der Waals surface area contributed by atoms with Gasteiger partial charge in [-0.05, 0) is 62.8 Å². The molecule has 3 aliphatic rings. The van der Waals surface area contributed by atoms with Gasteiger partial charge in [0.1, 0.15) is 0 Å². The molecule has 2 atom stereocenters. The summed E-state index contributed by atoms with van der Waals surface area (Å²) in [7, 11) is -3.51. The summed E-state index contributed by atoms with van der Waals surface area (Å²) in [4.78, 5) is 12.4. The lowest BCUT2D eigenvalue weighted by atomic mass is 9.93. The van der Waals surface area contributed by atoms with Crippen molar-refractivity contribution in [1.29, 1.82) is 0 Å². The number of fused-ring (bicyclic) bond motifs is 2. The van der Waals surface area contributed by atoms with Gasteiger partial charge in [0.2, 0.25) is 10.0 Å². The van der Waals surface area contributed by atoms with Crippen LogP contribution in [0, 0.1) is 0 Å². The highest BCUT2D eigenvalue weighted by atomic mass is 32.2. The third-order valence-electron chi connectivity index (χ3n) is 5.68. The summed E-state index contributed by atoms with van der Waals surface area (Å²) in [5.74, 6) is -0.120. The first-order chi connectivity index (χ1) is 12.0. The molecule has 0 aromatic heterocycles. The van der Waals surface area contributed by atoms with Crippen LogP contribution >= 0.6 is 0 Å². The summed E-state index contributed by atoms with van der Waals surface area (Å²) >= 11 is 0. The summed E-state index contributed by atoms with van der Waals surface area (Å²) in [5, 5.41) is 6.47. The van der Waals surface area contributed by atoms with Crippen molar-refractivity contribution in [1.82, 2.24) is 14.9 Å². The van der Waals surface area contributed by atoms with Crippen LogP contribution in [-0.2, 0) is 10.0 Å². The molecule has 1 aliphatic carbocycles. The maximum atomic E-state index is 12.9. The van der Waals surface area contributed by atoms with Crippen molar-refractivity contribution in [2.75, 3.05) is 13.1 Å². The van der Waals surface area contributed by atoms with E-state index in [1.54, 1.807) is 28.6 Å². The SMILES string of the molecule is O=C(NC1CCC1)c1ccc(S(=O)(=O)N2CC[C@H]3CC[C@@H](C2)N3)cc1. The molecule has 2 bridgehead atoms. The van der Waals surface area contributed by atoms with Crippen molar-refractivity contribution in [2.24, 2.45) is 0 Å². The van der Waals surface area contributed by atoms with Crippen molar-refractivity contribution in [3.05, 3.63) is 29.8 Å². The fraction of sp³-hybridized carbons (Fsp3) is 0.611. The first-order valence-corrected chi connectivity index (χ1v) is 10.6. The lowest BCUT2D eigenvalue weighted by Gasteiger charge is -2.26. The molecular formula is C18H25N3O3S. The molecule has 136 valence electrons. The Labute approximate surface area is 149 Å². The molecule has 0 radical (unpaired) electrons. The topological polar surface area (TPSA) is 78.5 Å². The van der Waals surface area contributed by atoms with Crippen molar-refractivity contribution in [3.8, 4) is 0 Å². The number of nitrogens with zero attached hydrogens (tertiary/aromatic N) is 1. The number of carbonyl (C=O) groups is 1. The first kappa shape index (κ1) is 17.0. The molecule has 4 rings (SSSR count). The standard InChI is InChI=1S/C18H25N3O3S/c22-18(20-14-2-1-3-14)13-4-8-17(9-5-13)25(23,24)21-11-10-15-6-7-16(12-21)19-15/h4-5,8-9,14-16,19H,1-3,6-7,10-12H2,(H,20,22)/t15-,16+/m1/s1. The van der Waals surface area contributed by atoms with Gasteiger partial charge in [0, 0.05) is 36.8 Å². The molecule has 2 N–H and O–H groups in total. The second kappa shape index (κ2) is 6.70. The zero-order valence-corrected chi connectivity index (χ0v) is 15.1. The molecule has 2 saturated heterocycles. The van der Waals surface area contributed by atoms with E-state index in [0.29, 0.717) is 24.7 Å². The maximum Gasteiger partial charge on any atom is 0.251 e. The molecule has 1 aromatic rings. The fourth-order valence-electron chi connectivity index (χ4n) is 3.88. The quantitative estimate of drug-likeness (QED) is 0.849. The summed E-state index contributed by atoms with van der Waals surface area (Å²) in [5.41, 5.74) is 0.516. The van der Waals surface area contributed by atoms with E-state index in [1.807, 2.05) is 0 Å². The van der Waals surface area contributed by atoms with Gasteiger partial charge in [0.15, 0.2) is 0 Å². The van der Waals surface area contributed by atoms with Crippen LogP contribution in [0.4, 0.5) is 0 Å². The Balaban J connectivity index is 1.47. The minimum Gasteiger partial charge on any atom is -0.349 e. The van der Waals surface area contributed by atoms with Crippen molar-refractivity contribution in [2.45, 2.75) is 61.5 Å².